The van der Waals surface area contributed by atoms with Crippen molar-refractivity contribution in [3.05, 3.63) is 54.1 Å². The monoisotopic (exact) mass is 432 g/mol. The van der Waals surface area contributed by atoms with Gasteiger partial charge in [0, 0.05) is 18.8 Å². The van der Waals surface area contributed by atoms with E-state index in [0.29, 0.717) is 18.8 Å². The van der Waals surface area contributed by atoms with E-state index in [0.717, 1.165) is 25.7 Å². The van der Waals surface area contributed by atoms with E-state index in [1.165, 1.54) is 40.7 Å². The first-order valence-corrected chi connectivity index (χ1v) is 11.2. The van der Waals surface area contributed by atoms with Crippen molar-refractivity contribution < 1.29 is 27.9 Å². The number of hydrogen-bond acceptors (Lipinski definition) is 6. The molecule has 160 valence electrons. The Labute approximate surface area is 175 Å². The van der Waals surface area contributed by atoms with Crippen molar-refractivity contribution in [3.63, 3.8) is 0 Å². The minimum atomic E-state index is -3.64. The highest BCUT2D eigenvalue weighted by Gasteiger charge is 2.25. The quantitative estimate of drug-likeness (QED) is 0.679. The van der Waals surface area contributed by atoms with Crippen LogP contribution in [0.1, 0.15) is 36.0 Å². The van der Waals surface area contributed by atoms with E-state index in [1.54, 1.807) is 12.1 Å². The number of benzene rings is 2. The molecule has 1 aliphatic heterocycles. The van der Waals surface area contributed by atoms with E-state index in [-0.39, 0.29) is 16.2 Å². The van der Waals surface area contributed by atoms with Gasteiger partial charge in [-0.05, 0) is 49.2 Å². The Morgan fingerprint density at radius 1 is 1.00 bits per heavy atom. The molecule has 1 saturated heterocycles. The second-order valence-corrected chi connectivity index (χ2v) is 8.96. The lowest BCUT2D eigenvalue weighted by atomic mass is 10.2. The lowest BCUT2D eigenvalue weighted by molar-refractivity contribution is -0.119. The average molecular weight is 432 g/mol. The molecule has 30 heavy (non-hydrogen) atoms. The van der Waals surface area contributed by atoms with Crippen molar-refractivity contribution in [2.24, 2.45) is 0 Å². The van der Waals surface area contributed by atoms with Gasteiger partial charge in [-0.1, -0.05) is 25.0 Å². The topological polar surface area (TPSA) is 113 Å². The molecule has 0 bridgehead atoms. The number of phenols is 1. The number of anilines is 1. The molecule has 1 amide bonds. The van der Waals surface area contributed by atoms with Crippen LogP contribution in [-0.2, 0) is 19.6 Å². The molecule has 1 heterocycles. The molecular formula is C21H24N2O6S. The molecule has 0 radical (unpaired) electrons. The Kier molecular flexibility index (Phi) is 7.07. The zero-order valence-electron chi connectivity index (χ0n) is 16.4. The van der Waals surface area contributed by atoms with Gasteiger partial charge in [0.1, 0.15) is 5.75 Å². The Hall–Kier alpha value is -2.91. The number of hydrogen-bond donors (Lipinski definition) is 2. The molecule has 0 saturated carbocycles. The summed E-state index contributed by atoms with van der Waals surface area (Å²) in [6.07, 6.45) is 3.70. The van der Waals surface area contributed by atoms with Crippen LogP contribution in [0.5, 0.6) is 5.75 Å². The van der Waals surface area contributed by atoms with Gasteiger partial charge in [0.2, 0.25) is 10.0 Å². The van der Waals surface area contributed by atoms with Crippen molar-refractivity contribution in [1.82, 2.24) is 4.31 Å². The molecule has 9 heteroatoms. The average Bonchev–Trinajstić information content (AvgIpc) is 3.02. The number of rotatable bonds is 6. The second kappa shape index (κ2) is 9.73. The Morgan fingerprint density at radius 3 is 2.40 bits per heavy atom. The van der Waals surface area contributed by atoms with Gasteiger partial charge in [0.15, 0.2) is 6.61 Å². The van der Waals surface area contributed by atoms with Crippen LogP contribution in [0.4, 0.5) is 5.69 Å². The molecule has 0 spiro atoms. The fourth-order valence-corrected chi connectivity index (χ4v) is 4.77. The van der Waals surface area contributed by atoms with Crippen LogP contribution in [0, 0.1) is 0 Å². The number of aromatic hydroxyl groups is 1. The summed E-state index contributed by atoms with van der Waals surface area (Å²) in [4.78, 5) is 24.2. The molecule has 2 N–H and O–H groups in total. The largest absolute Gasteiger partial charge is 0.508 e. The van der Waals surface area contributed by atoms with E-state index in [2.05, 4.69) is 5.32 Å². The minimum absolute atomic E-state index is 0.0867. The van der Waals surface area contributed by atoms with Gasteiger partial charge in [0.05, 0.1) is 10.5 Å². The smallest absolute Gasteiger partial charge is 0.338 e. The Balaban J connectivity index is 1.61. The molecule has 8 nitrogen and oxygen atoms in total. The molecule has 1 fully saturated rings. The summed E-state index contributed by atoms with van der Waals surface area (Å²) in [7, 11) is -3.64. The summed E-state index contributed by atoms with van der Waals surface area (Å²) in [5, 5.41) is 11.9. The predicted molar refractivity (Wildman–Crippen MR) is 111 cm³/mol. The molecule has 0 unspecified atom stereocenters. The molecule has 2 aromatic carbocycles. The lowest BCUT2D eigenvalue weighted by Gasteiger charge is -2.20. The zero-order chi connectivity index (χ0) is 21.6. The van der Waals surface area contributed by atoms with Gasteiger partial charge in [-0.3, -0.25) is 4.79 Å². The molecule has 3 rings (SSSR count). The standard InChI is InChI=1S/C21H24N2O6S/c24-18-9-5-7-16(13-18)21(26)29-15-20(25)22-17-8-6-10-19(14-17)30(27,28)23-11-3-1-2-4-12-23/h5-10,13-14,24H,1-4,11-12,15H2,(H,22,25). The summed E-state index contributed by atoms with van der Waals surface area (Å²) in [6.45, 7) is 0.436. The normalized spacial score (nSPS) is 15.2. The van der Waals surface area contributed by atoms with Crippen LogP contribution in [0.15, 0.2) is 53.4 Å². The highest BCUT2D eigenvalue weighted by molar-refractivity contribution is 7.89. The van der Waals surface area contributed by atoms with E-state index in [4.69, 9.17) is 4.74 Å². The first kappa shape index (κ1) is 21.8. The summed E-state index contributed by atoms with van der Waals surface area (Å²) in [6, 6.07) is 11.6. The van der Waals surface area contributed by atoms with Gasteiger partial charge in [-0.15, -0.1) is 0 Å². The summed E-state index contributed by atoms with van der Waals surface area (Å²) >= 11 is 0. The number of nitrogens with zero attached hydrogens (tertiary/aromatic N) is 1. The maximum absolute atomic E-state index is 12.9. The van der Waals surface area contributed by atoms with Gasteiger partial charge in [-0.2, -0.15) is 4.31 Å². The van der Waals surface area contributed by atoms with Gasteiger partial charge in [0.25, 0.3) is 5.91 Å². The molecule has 0 atom stereocenters. The Bertz CT molecular complexity index is 1010. The number of nitrogens with one attached hydrogen (secondary N) is 1. The van der Waals surface area contributed by atoms with Gasteiger partial charge in [-0.25, -0.2) is 13.2 Å². The van der Waals surface area contributed by atoms with Crippen molar-refractivity contribution in [2.45, 2.75) is 30.6 Å². The summed E-state index contributed by atoms with van der Waals surface area (Å²) in [5.41, 5.74) is 0.414. The number of esters is 1. The third kappa shape index (κ3) is 5.58. The van der Waals surface area contributed by atoms with Crippen molar-refractivity contribution in [1.29, 1.82) is 0 Å². The highest BCUT2D eigenvalue weighted by atomic mass is 32.2. The summed E-state index contributed by atoms with van der Waals surface area (Å²) in [5.74, 6) is -1.44. The number of sulfonamides is 1. The zero-order valence-corrected chi connectivity index (χ0v) is 17.2. The molecule has 0 aliphatic carbocycles. The fourth-order valence-electron chi connectivity index (χ4n) is 3.21. The van der Waals surface area contributed by atoms with E-state index < -0.39 is 28.5 Å². The second-order valence-electron chi connectivity index (χ2n) is 7.02. The van der Waals surface area contributed by atoms with Crippen LogP contribution >= 0.6 is 0 Å². The molecular weight excluding hydrogens is 408 g/mol. The third-order valence-corrected chi connectivity index (χ3v) is 6.63. The van der Waals surface area contributed by atoms with Crippen LogP contribution in [0.25, 0.3) is 0 Å². The summed E-state index contributed by atoms with van der Waals surface area (Å²) < 4.78 is 32.2. The van der Waals surface area contributed by atoms with Crippen molar-refractivity contribution in [3.8, 4) is 5.75 Å². The first-order valence-electron chi connectivity index (χ1n) is 9.72. The third-order valence-electron chi connectivity index (χ3n) is 4.74. The number of amides is 1. The maximum atomic E-state index is 12.9. The SMILES string of the molecule is O=C(COC(=O)c1cccc(O)c1)Nc1cccc(S(=O)(=O)N2CCCCCC2)c1. The number of carbonyl (C=O) groups is 2. The van der Waals surface area contributed by atoms with E-state index >= 15 is 0 Å². The number of ether oxygens (including phenoxy) is 1. The molecule has 1 aliphatic rings. The van der Waals surface area contributed by atoms with Gasteiger partial charge < -0.3 is 15.2 Å². The van der Waals surface area contributed by atoms with Crippen LogP contribution in [-0.4, -0.2) is 49.4 Å². The van der Waals surface area contributed by atoms with Crippen LogP contribution < -0.4 is 5.32 Å². The molecule has 0 aromatic heterocycles. The van der Waals surface area contributed by atoms with Crippen LogP contribution in [0.3, 0.4) is 0 Å². The number of phenolic OH excluding ortho intramolecular Hbond substituents is 1. The minimum Gasteiger partial charge on any atom is -0.508 e. The maximum Gasteiger partial charge on any atom is 0.338 e. The fraction of sp³-hybridized carbons (Fsp3) is 0.333. The van der Waals surface area contributed by atoms with E-state index in [1.807, 2.05) is 0 Å². The molecule has 2 aromatic rings. The predicted octanol–water partition coefficient (Wildman–Crippen LogP) is 2.75. The van der Waals surface area contributed by atoms with Crippen molar-refractivity contribution >= 4 is 27.6 Å². The van der Waals surface area contributed by atoms with Crippen molar-refractivity contribution in [2.75, 3.05) is 25.0 Å². The highest BCUT2D eigenvalue weighted by Crippen LogP contribution is 2.22. The Morgan fingerprint density at radius 2 is 1.70 bits per heavy atom. The van der Waals surface area contributed by atoms with Crippen LogP contribution in [0.2, 0.25) is 0 Å². The van der Waals surface area contributed by atoms with E-state index in [9.17, 15) is 23.1 Å². The lowest BCUT2D eigenvalue weighted by Crippen LogP contribution is -2.32. The first-order chi connectivity index (χ1) is 14.4. The van der Waals surface area contributed by atoms with Gasteiger partial charge >= 0.3 is 5.97 Å². The number of carbonyl (C=O) groups excluding carboxylic acids is 2.